The van der Waals surface area contributed by atoms with Crippen LogP contribution in [0.3, 0.4) is 0 Å². The van der Waals surface area contributed by atoms with Crippen LogP contribution in [0.2, 0.25) is 0 Å². The van der Waals surface area contributed by atoms with Gasteiger partial charge in [-0.15, -0.1) is 0 Å². The number of fused-ring (bicyclic) bond motifs is 1. The molecule has 0 saturated carbocycles. The molecule has 0 fully saturated rings. The number of rotatable bonds is 7. The van der Waals surface area contributed by atoms with Gasteiger partial charge in [0.2, 0.25) is 11.8 Å². The number of sulfone groups is 1. The highest BCUT2D eigenvalue weighted by Gasteiger charge is 2.15. The third-order valence-electron chi connectivity index (χ3n) is 5.12. The van der Waals surface area contributed by atoms with Crippen LogP contribution in [0.4, 0.5) is 8.78 Å². The molecule has 7 nitrogen and oxygen atoms in total. The Morgan fingerprint density at radius 3 is 2.56 bits per heavy atom. The van der Waals surface area contributed by atoms with Crippen molar-refractivity contribution in [3.63, 3.8) is 0 Å². The van der Waals surface area contributed by atoms with Gasteiger partial charge in [-0.3, -0.25) is 0 Å². The molecule has 0 amide bonds. The van der Waals surface area contributed by atoms with Crippen LogP contribution in [0.25, 0.3) is 11.0 Å². The largest absolute Gasteiger partial charge is 0.481 e. The summed E-state index contributed by atoms with van der Waals surface area (Å²) in [4.78, 5) is 15.1. The van der Waals surface area contributed by atoms with Crippen LogP contribution >= 0.6 is 0 Å². The summed E-state index contributed by atoms with van der Waals surface area (Å²) in [7, 11) is -1.96. The highest BCUT2D eigenvalue weighted by Crippen LogP contribution is 2.24. The van der Waals surface area contributed by atoms with Gasteiger partial charge in [0.25, 0.3) is 0 Å². The molecule has 0 radical (unpaired) electrons. The molecular weight excluding hydrogens is 438 g/mol. The maximum absolute atomic E-state index is 14.7. The number of hydrogen-bond acceptors (Lipinski definition) is 6. The molecule has 4 heterocycles. The van der Waals surface area contributed by atoms with E-state index in [1.54, 1.807) is 18.3 Å². The van der Waals surface area contributed by atoms with E-state index in [-0.39, 0.29) is 11.3 Å². The van der Waals surface area contributed by atoms with Gasteiger partial charge in [0.1, 0.15) is 11.5 Å². The molecule has 0 aliphatic rings. The van der Waals surface area contributed by atoms with Gasteiger partial charge in [-0.05, 0) is 36.6 Å². The summed E-state index contributed by atoms with van der Waals surface area (Å²) in [6.45, 7) is 0. The first kappa shape index (κ1) is 21.8. The van der Waals surface area contributed by atoms with Crippen molar-refractivity contribution in [2.24, 2.45) is 0 Å². The van der Waals surface area contributed by atoms with Gasteiger partial charge >= 0.3 is 0 Å². The summed E-state index contributed by atoms with van der Waals surface area (Å²) < 4.78 is 57.0. The van der Waals surface area contributed by atoms with E-state index in [1.165, 1.54) is 25.4 Å². The van der Waals surface area contributed by atoms with Crippen LogP contribution in [0.1, 0.15) is 22.4 Å². The number of halogens is 2. The molecule has 4 aromatic rings. The zero-order valence-electron chi connectivity index (χ0n) is 17.4. The molecule has 0 aliphatic heterocycles. The van der Waals surface area contributed by atoms with Crippen LogP contribution in [-0.2, 0) is 29.1 Å². The molecule has 1 N–H and O–H groups in total. The van der Waals surface area contributed by atoms with Gasteiger partial charge in [0, 0.05) is 47.3 Å². The fourth-order valence-electron chi connectivity index (χ4n) is 3.46. The second-order valence-corrected chi connectivity index (χ2v) is 9.42. The molecule has 0 spiro atoms. The molecule has 0 unspecified atom stereocenters. The highest BCUT2D eigenvalue weighted by molar-refractivity contribution is 7.90. The lowest BCUT2D eigenvalue weighted by atomic mass is 10.0. The standard InChI is InChI=1S/C22H20F2N4O3S/c1-31-22-14(8-16(23)11-27-22)4-6-17-5-3-13(20(24)28-17)7-15-10-25-21-19(15)9-18(12-26-21)32(2,29)30/h3,5,8-12H,4,6-7H2,1-2H3,(H,25,26). The van der Waals surface area contributed by atoms with E-state index in [0.717, 1.165) is 12.5 Å². The first-order valence-electron chi connectivity index (χ1n) is 9.73. The van der Waals surface area contributed by atoms with Crippen LogP contribution in [0.5, 0.6) is 5.88 Å². The quantitative estimate of drug-likeness (QED) is 0.426. The number of aromatic amines is 1. The summed E-state index contributed by atoms with van der Waals surface area (Å²) in [6.07, 6.45) is 6.15. The minimum absolute atomic E-state index is 0.0991. The minimum atomic E-state index is -3.41. The molecule has 0 bridgehead atoms. The van der Waals surface area contributed by atoms with E-state index in [4.69, 9.17) is 4.74 Å². The van der Waals surface area contributed by atoms with Gasteiger partial charge in [0.05, 0.1) is 18.2 Å². The Labute approximate surface area is 183 Å². The van der Waals surface area contributed by atoms with Gasteiger partial charge < -0.3 is 9.72 Å². The number of aromatic nitrogens is 4. The Morgan fingerprint density at radius 1 is 1.03 bits per heavy atom. The topological polar surface area (TPSA) is 97.8 Å². The zero-order chi connectivity index (χ0) is 22.9. The van der Waals surface area contributed by atoms with E-state index in [2.05, 4.69) is 19.9 Å². The highest BCUT2D eigenvalue weighted by atomic mass is 32.2. The lowest BCUT2D eigenvalue weighted by Gasteiger charge is -2.08. The fraction of sp³-hybridized carbons (Fsp3) is 0.227. The summed E-state index contributed by atoms with van der Waals surface area (Å²) in [6, 6.07) is 6.23. The molecule has 0 aromatic carbocycles. The molecule has 166 valence electrons. The Bertz CT molecular complexity index is 1400. The number of pyridine rings is 3. The van der Waals surface area contributed by atoms with Gasteiger partial charge in [0.15, 0.2) is 9.84 Å². The van der Waals surface area contributed by atoms with Crippen molar-refractivity contribution < 1.29 is 21.9 Å². The number of H-pyrrole nitrogens is 1. The maximum atomic E-state index is 14.7. The molecule has 0 aliphatic carbocycles. The van der Waals surface area contributed by atoms with Crippen LogP contribution in [0.15, 0.2) is 47.8 Å². The summed E-state index contributed by atoms with van der Waals surface area (Å²) in [5.41, 5.74) is 2.69. The lowest BCUT2D eigenvalue weighted by Crippen LogP contribution is -2.03. The van der Waals surface area contributed by atoms with Crippen molar-refractivity contribution in [3.8, 4) is 5.88 Å². The first-order valence-corrected chi connectivity index (χ1v) is 11.6. The van der Waals surface area contributed by atoms with Crippen molar-refractivity contribution >= 4 is 20.9 Å². The number of methoxy groups -OCH3 is 1. The average Bonchev–Trinajstić information content (AvgIpc) is 3.15. The number of nitrogens with zero attached hydrogens (tertiary/aromatic N) is 3. The van der Waals surface area contributed by atoms with E-state index < -0.39 is 21.6 Å². The Kier molecular flexibility index (Phi) is 5.88. The van der Waals surface area contributed by atoms with E-state index in [1.807, 2.05) is 0 Å². The number of hydrogen-bond donors (Lipinski definition) is 1. The molecule has 0 saturated heterocycles. The molecule has 4 rings (SSSR count). The number of aryl methyl sites for hydroxylation is 2. The van der Waals surface area contributed by atoms with Crippen molar-refractivity contribution in [1.82, 2.24) is 19.9 Å². The van der Waals surface area contributed by atoms with E-state index >= 15 is 0 Å². The number of nitrogens with one attached hydrogen (secondary N) is 1. The van der Waals surface area contributed by atoms with Crippen LogP contribution < -0.4 is 4.74 Å². The zero-order valence-corrected chi connectivity index (χ0v) is 18.2. The molecule has 0 atom stereocenters. The lowest BCUT2D eigenvalue weighted by molar-refractivity contribution is 0.390. The summed E-state index contributed by atoms with van der Waals surface area (Å²) in [5, 5.41) is 0.613. The van der Waals surface area contributed by atoms with E-state index in [9.17, 15) is 17.2 Å². The maximum Gasteiger partial charge on any atom is 0.216 e. The Hall–Kier alpha value is -3.40. The third-order valence-corrected chi connectivity index (χ3v) is 6.20. The molecule has 4 aromatic heterocycles. The predicted octanol–water partition coefficient (Wildman–Crippen LogP) is 3.42. The van der Waals surface area contributed by atoms with Crippen molar-refractivity contribution in [2.75, 3.05) is 13.4 Å². The Balaban J connectivity index is 1.54. The fourth-order valence-corrected chi connectivity index (χ4v) is 4.04. The van der Waals surface area contributed by atoms with Gasteiger partial charge in [-0.2, -0.15) is 4.39 Å². The van der Waals surface area contributed by atoms with Gasteiger partial charge in [-0.1, -0.05) is 6.07 Å². The minimum Gasteiger partial charge on any atom is -0.481 e. The number of ether oxygens (including phenoxy) is 1. The average molecular weight is 458 g/mol. The smallest absolute Gasteiger partial charge is 0.216 e. The van der Waals surface area contributed by atoms with Crippen LogP contribution in [0, 0.1) is 11.8 Å². The third kappa shape index (κ3) is 4.59. The molecular formula is C22H20F2N4O3S. The van der Waals surface area contributed by atoms with Crippen molar-refractivity contribution in [2.45, 2.75) is 24.2 Å². The second kappa shape index (κ2) is 8.62. The normalized spacial score (nSPS) is 11.8. The monoisotopic (exact) mass is 458 g/mol. The summed E-state index contributed by atoms with van der Waals surface area (Å²) in [5.74, 6) is -0.763. The Morgan fingerprint density at radius 2 is 1.84 bits per heavy atom. The van der Waals surface area contributed by atoms with E-state index in [0.29, 0.717) is 52.1 Å². The van der Waals surface area contributed by atoms with Crippen molar-refractivity contribution in [3.05, 3.63) is 77.0 Å². The summed E-state index contributed by atoms with van der Waals surface area (Å²) >= 11 is 0. The van der Waals surface area contributed by atoms with Gasteiger partial charge in [-0.25, -0.2) is 27.8 Å². The van der Waals surface area contributed by atoms with Crippen LogP contribution in [-0.4, -0.2) is 41.7 Å². The predicted molar refractivity (Wildman–Crippen MR) is 114 cm³/mol. The first-order chi connectivity index (χ1) is 15.2. The SMILES string of the molecule is COc1ncc(F)cc1CCc1ccc(Cc2c[nH]c3ncc(S(C)(=O)=O)cc23)c(F)n1. The van der Waals surface area contributed by atoms with Crippen molar-refractivity contribution in [1.29, 1.82) is 0 Å². The second-order valence-electron chi connectivity index (χ2n) is 7.40. The molecule has 10 heteroatoms. The molecule has 32 heavy (non-hydrogen) atoms.